The molecule has 1 fully saturated rings. The van der Waals surface area contributed by atoms with Gasteiger partial charge in [-0.1, -0.05) is 0 Å². The fourth-order valence-corrected chi connectivity index (χ4v) is 5.36. The summed E-state index contributed by atoms with van der Waals surface area (Å²) in [7, 11) is -3.08. The molecule has 0 spiro atoms. The topological polar surface area (TPSA) is 108 Å². The number of aliphatic hydroxyl groups excluding tert-OH is 2. The zero-order valence-electron chi connectivity index (χ0n) is 16.3. The number of sulfonamides is 1. The molecule has 12 heteroatoms. The Labute approximate surface area is 190 Å². The summed E-state index contributed by atoms with van der Waals surface area (Å²) in [4.78, 5) is 0. The van der Waals surface area contributed by atoms with Gasteiger partial charge < -0.3 is 20.3 Å². The minimum Gasteiger partial charge on any atom is -0.494 e. The fraction of sp³-hybridized carbons (Fsp3) is 0.368. The van der Waals surface area contributed by atoms with Gasteiger partial charge in [0.15, 0.2) is 11.6 Å². The molecule has 0 unspecified atom stereocenters. The van der Waals surface area contributed by atoms with Gasteiger partial charge in [0.05, 0.1) is 30.3 Å². The molecule has 0 radical (unpaired) electrons. The monoisotopic (exact) mass is 572 g/mol. The first-order chi connectivity index (χ1) is 14.5. The number of nitrogens with one attached hydrogen (secondary N) is 2. The summed E-state index contributed by atoms with van der Waals surface area (Å²) >= 11 is 1.88. The lowest BCUT2D eigenvalue weighted by Crippen LogP contribution is -2.34. The van der Waals surface area contributed by atoms with Crippen LogP contribution in [0.3, 0.4) is 0 Å². The lowest BCUT2D eigenvalue weighted by Gasteiger charge is -2.23. The van der Waals surface area contributed by atoms with Gasteiger partial charge >= 0.3 is 0 Å². The molecule has 4 N–H and O–H groups in total. The quantitative estimate of drug-likeness (QED) is 0.343. The van der Waals surface area contributed by atoms with E-state index >= 15 is 0 Å². The number of anilines is 3. The molecule has 0 aromatic heterocycles. The number of ether oxygens (including phenoxy) is 1. The summed E-state index contributed by atoms with van der Waals surface area (Å²) in [5.74, 6) is -3.84. The molecule has 1 aliphatic carbocycles. The fourth-order valence-electron chi connectivity index (χ4n) is 3.17. The predicted molar refractivity (Wildman–Crippen MR) is 118 cm³/mol. The molecule has 1 atom stereocenters. The Bertz CT molecular complexity index is 1100. The molecule has 0 heterocycles. The first kappa shape index (κ1) is 23.9. The van der Waals surface area contributed by atoms with Crippen LogP contribution in [0.15, 0.2) is 24.3 Å². The van der Waals surface area contributed by atoms with Gasteiger partial charge in [0.2, 0.25) is 10.0 Å². The summed E-state index contributed by atoms with van der Waals surface area (Å²) in [6.45, 7) is -0.620. The van der Waals surface area contributed by atoms with Gasteiger partial charge in [0, 0.05) is 9.64 Å². The van der Waals surface area contributed by atoms with E-state index in [2.05, 4.69) is 10.0 Å². The third-order valence-electron chi connectivity index (χ3n) is 5.03. The van der Waals surface area contributed by atoms with E-state index in [0.29, 0.717) is 9.64 Å². The zero-order chi connectivity index (χ0) is 23.0. The minimum absolute atomic E-state index is 0.204. The number of benzene rings is 2. The van der Waals surface area contributed by atoms with E-state index in [1.165, 1.54) is 12.1 Å². The van der Waals surface area contributed by atoms with Crippen LogP contribution in [0.5, 0.6) is 5.75 Å². The van der Waals surface area contributed by atoms with Gasteiger partial charge in [0.25, 0.3) is 0 Å². The van der Waals surface area contributed by atoms with Crippen molar-refractivity contribution in [3.05, 3.63) is 45.3 Å². The van der Waals surface area contributed by atoms with Gasteiger partial charge in [-0.25, -0.2) is 21.6 Å². The van der Waals surface area contributed by atoms with E-state index in [1.807, 2.05) is 22.6 Å². The van der Waals surface area contributed by atoms with Crippen molar-refractivity contribution in [2.45, 2.75) is 30.1 Å². The molecule has 1 aliphatic rings. The second-order valence-electron chi connectivity index (χ2n) is 7.20. The standard InChI is InChI=1S/C19H20F3IN2O5S/c1-30-15-7-13(21)16(22)18(24-14-3-2-10(23)6-12(14)20)17(15)25-31(28,29)19(4-5-19)8-11(27)9-26/h2-3,6-7,11,24-27H,4-5,8-9H2,1H3/t11-/m1/s1. The smallest absolute Gasteiger partial charge is 0.238 e. The van der Waals surface area contributed by atoms with E-state index < -0.39 is 56.3 Å². The SMILES string of the molecule is COc1cc(F)c(F)c(Nc2ccc(I)cc2F)c1NS(=O)(=O)C1(C[C@@H](O)CO)CC1. The summed E-state index contributed by atoms with van der Waals surface area (Å²) in [6.07, 6.45) is -1.08. The molecule has 0 saturated heterocycles. The Hall–Kier alpha value is -1.77. The highest BCUT2D eigenvalue weighted by molar-refractivity contribution is 14.1. The molecule has 0 amide bonds. The summed E-state index contributed by atoms with van der Waals surface area (Å²) in [5, 5.41) is 21.2. The van der Waals surface area contributed by atoms with Crippen molar-refractivity contribution in [3.63, 3.8) is 0 Å². The van der Waals surface area contributed by atoms with Gasteiger partial charge in [-0.3, -0.25) is 4.72 Å². The van der Waals surface area contributed by atoms with Gasteiger partial charge in [0.1, 0.15) is 22.9 Å². The Kier molecular flexibility index (Phi) is 6.93. The Morgan fingerprint density at radius 3 is 2.42 bits per heavy atom. The van der Waals surface area contributed by atoms with Crippen LogP contribution in [-0.2, 0) is 10.0 Å². The van der Waals surface area contributed by atoms with Crippen molar-refractivity contribution in [3.8, 4) is 5.75 Å². The molecule has 170 valence electrons. The number of hydrogen-bond acceptors (Lipinski definition) is 6. The second-order valence-corrected chi connectivity index (χ2v) is 10.5. The first-order valence-corrected chi connectivity index (χ1v) is 11.7. The highest BCUT2D eigenvalue weighted by Crippen LogP contribution is 2.49. The van der Waals surface area contributed by atoms with Crippen LogP contribution in [0, 0.1) is 21.0 Å². The molecule has 2 aromatic rings. The van der Waals surface area contributed by atoms with E-state index in [9.17, 15) is 26.7 Å². The lowest BCUT2D eigenvalue weighted by molar-refractivity contribution is 0.0858. The molecular weight excluding hydrogens is 552 g/mol. The third kappa shape index (κ3) is 4.86. The van der Waals surface area contributed by atoms with Crippen molar-refractivity contribution >= 4 is 49.7 Å². The predicted octanol–water partition coefficient (Wildman–Crippen LogP) is 3.48. The van der Waals surface area contributed by atoms with Gasteiger partial charge in [-0.2, -0.15) is 0 Å². The summed E-state index contributed by atoms with van der Waals surface area (Å²) in [5.41, 5.74) is -1.30. The van der Waals surface area contributed by atoms with Crippen LogP contribution in [0.4, 0.5) is 30.2 Å². The zero-order valence-corrected chi connectivity index (χ0v) is 19.2. The maximum atomic E-state index is 14.7. The molecule has 3 rings (SSSR count). The Morgan fingerprint density at radius 1 is 1.19 bits per heavy atom. The second kappa shape index (κ2) is 9.00. The largest absolute Gasteiger partial charge is 0.494 e. The molecule has 1 saturated carbocycles. The number of hydrogen-bond donors (Lipinski definition) is 4. The Morgan fingerprint density at radius 2 is 1.87 bits per heavy atom. The highest BCUT2D eigenvalue weighted by Gasteiger charge is 2.55. The van der Waals surface area contributed by atoms with E-state index in [4.69, 9.17) is 9.84 Å². The van der Waals surface area contributed by atoms with Crippen LogP contribution in [0.2, 0.25) is 0 Å². The first-order valence-electron chi connectivity index (χ1n) is 9.13. The van der Waals surface area contributed by atoms with Crippen LogP contribution < -0.4 is 14.8 Å². The van der Waals surface area contributed by atoms with Crippen molar-refractivity contribution in [1.82, 2.24) is 0 Å². The van der Waals surface area contributed by atoms with Crippen molar-refractivity contribution in [1.29, 1.82) is 0 Å². The minimum atomic E-state index is -4.23. The molecule has 0 bridgehead atoms. The van der Waals surface area contributed by atoms with Crippen LogP contribution in [0.25, 0.3) is 0 Å². The van der Waals surface area contributed by atoms with Crippen molar-refractivity contribution < 1.29 is 36.5 Å². The maximum Gasteiger partial charge on any atom is 0.238 e. The van der Waals surface area contributed by atoms with Crippen molar-refractivity contribution in [2.75, 3.05) is 23.8 Å². The van der Waals surface area contributed by atoms with Crippen LogP contribution in [-0.4, -0.2) is 43.2 Å². The number of halogens is 4. The normalized spacial score (nSPS) is 16.0. The van der Waals surface area contributed by atoms with E-state index in [1.54, 1.807) is 0 Å². The van der Waals surface area contributed by atoms with E-state index in [-0.39, 0.29) is 30.7 Å². The average Bonchev–Trinajstić information content (AvgIpc) is 3.50. The lowest BCUT2D eigenvalue weighted by atomic mass is 10.2. The maximum absolute atomic E-state index is 14.7. The summed E-state index contributed by atoms with van der Waals surface area (Å²) in [6, 6.07) is 4.66. The molecule has 31 heavy (non-hydrogen) atoms. The molecule has 0 aliphatic heterocycles. The van der Waals surface area contributed by atoms with Crippen molar-refractivity contribution in [2.24, 2.45) is 0 Å². The van der Waals surface area contributed by atoms with Crippen LogP contribution >= 0.6 is 22.6 Å². The number of methoxy groups -OCH3 is 1. The van der Waals surface area contributed by atoms with Crippen LogP contribution in [0.1, 0.15) is 19.3 Å². The number of rotatable bonds is 9. The molecular formula is C19H20F3IN2O5S. The van der Waals surface area contributed by atoms with Gasteiger partial charge in [-0.05, 0) is 60.1 Å². The van der Waals surface area contributed by atoms with E-state index in [0.717, 1.165) is 13.2 Å². The Balaban J connectivity index is 2.06. The highest BCUT2D eigenvalue weighted by atomic mass is 127. The number of aliphatic hydroxyl groups is 2. The third-order valence-corrected chi connectivity index (χ3v) is 7.89. The summed E-state index contributed by atoms with van der Waals surface area (Å²) < 4.78 is 75.7. The molecule has 2 aromatic carbocycles. The average molecular weight is 572 g/mol. The van der Waals surface area contributed by atoms with Gasteiger partial charge in [-0.15, -0.1) is 0 Å². The molecule has 7 nitrogen and oxygen atoms in total.